The molecular weight excluding hydrogens is 282 g/mol. The lowest BCUT2D eigenvalue weighted by Crippen LogP contribution is -1.79. The monoisotopic (exact) mass is 285 g/mol. The molecule has 1 aromatic carbocycles. The predicted molar refractivity (Wildman–Crippen MR) is 63.9 cm³/mol. The number of benzene rings is 1. The van der Waals surface area contributed by atoms with Crippen molar-refractivity contribution in [1.29, 1.82) is 5.26 Å². The van der Waals surface area contributed by atoms with Gasteiger partial charge in [-0.15, -0.1) is 11.3 Å². The van der Waals surface area contributed by atoms with Gasteiger partial charge in [-0.25, -0.2) is 0 Å². The molecule has 0 spiro atoms. The number of nitrogens with zero attached hydrogens (tertiary/aromatic N) is 1. The topological polar surface area (TPSA) is 23.8 Å². The smallest absolute Gasteiger partial charge is 0.0670 e. The van der Waals surface area contributed by atoms with Crippen LogP contribution in [-0.4, -0.2) is 0 Å². The highest BCUT2D eigenvalue weighted by Crippen LogP contribution is 2.35. The van der Waals surface area contributed by atoms with E-state index in [4.69, 9.17) is 16.9 Å². The molecular formula is C10H5BrClNS. The number of halogens is 2. The second-order valence-electron chi connectivity index (χ2n) is 2.86. The van der Waals surface area contributed by atoms with Crippen LogP contribution >= 0.6 is 38.9 Å². The zero-order valence-electron chi connectivity index (χ0n) is 7.05. The molecule has 70 valence electrons. The molecule has 1 nitrogen and oxygen atoms in total. The molecule has 0 bridgehead atoms. The van der Waals surface area contributed by atoms with Gasteiger partial charge in [0.05, 0.1) is 12.5 Å². The first kappa shape index (κ1) is 9.97. The van der Waals surface area contributed by atoms with Gasteiger partial charge in [-0.3, -0.25) is 0 Å². The van der Waals surface area contributed by atoms with E-state index in [1.165, 1.54) is 0 Å². The highest BCUT2D eigenvalue weighted by atomic mass is 79.9. The lowest BCUT2D eigenvalue weighted by Gasteiger charge is -1.98. The van der Waals surface area contributed by atoms with E-state index in [-0.39, 0.29) is 0 Å². The van der Waals surface area contributed by atoms with E-state index in [2.05, 4.69) is 22.0 Å². The van der Waals surface area contributed by atoms with Gasteiger partial charge >= 0.3 is 0 Å². The molecule has 0 amide bonds. The molecule has 0 N–H and O–H groups in total. The summed E-state index contributed by atoms with van der Waals surface area (Å²) in [4.78, 5) is 0. The van der Waals surface area contributed by atoms with Crippen molar-refractivity contribution < 1.29 is 0 Å². The van der Waals surface area contributed by atoms with E-state index < -0.39 is 0 Å². The van der Waals surface area contributed by atoms with Crippen molar-refractivity contribution in [3.63, 3.8) is 0 Å². The Kier molecular flexibility index (Phi) is 2.78. The van der Waals surface area contributed by atoms with E-state index >= 15 is 0 Å². The molecule has 0 radical (unpaired) electrons. The fourth-order valence-electron chi connectivity index (χ4n) is 1.36. The summed E-state index contributed by atoms with van der Waals surface area (Å²) in [6.45, 7) is 0. The van der Waals surface area contributed by atoms with Gasteiger partial charge in [0, 0.05) is 19.6 Å². The Bertz CT molecular complexity index is 527. The predicted octanol–water partition coefficient (Wildman–Crippen LogP) is 4.38. The van der Waals surface area contributed by atoms with Crippen LogP contribution in [0.2, 0.25) is 5.02 Å². The minimum atomic E-state index is 0.445. The van der Waals surface area contributed by atoms with Gasteiger partial charge in [-0.1, -0.05) is 27.5 Å². The highest BCUT2D eigenvalue weighted by Gasteiger charge is 2.08. The SMILES string of the molecule is N#CCc1csc2cc(Cl)cc(Br)c12. The maximum absolute atomic E-state index is 8.66. The summed E-state index contributed by atoms with van der Waals surface area (Å²) < 4.78 is 2.08. The fraction of sp³-hybridized carbons (Fsp3) is 0.100. The summed E-state index contributed by atoms with van der Waals surface area (Å²) in [5, 5.41) is 12.5. The van der Waals surface area contributed by atoms with E-state index in [9.17, 15) is 0 Å². The Labute approximate surface area is 99.0 Å². The van der Waals surface area contributed by atoms with Gasteiger partial charge in [0.2, 0.25) is 0 Å². The molecule has 0 saturated carbocycles. The van der Waals surface area contributed by atoms with Crippen molar-refractivity contribution in [2.45, 2.75) is 6.42 Å². The first-order valence-corrected chi connectivity index (χ1v) is 5.99. The average molecular weight is 287 g/mol. The van der Waals surface area contributed by atoms with E-state index in [1.807, 2.05) is 17.5 Å². The van der Waals surface area contributed by atoms with Crippen molar-refractivity contribution in [2.75, 3.05) is 0 Å². The third-order valence-corrected chi connectivity index (χ3v) is 3.76. The minimum absolute atomic E-state index is 0.445. The number of hydrogen-bond donors (Lipinski definition) is 0. The minimum Gasteiger partial charge on any atom is -0.198 e. The van der Waals surface area contributed by atoms with Gasteiger partial charge < -0.3 is 0 Å². The molecule has 1 heterocycles. The molecule has 2 rings (SSSR count). The molecule has 0 fully saturated rings. The second kappa shape index (κ2) is 3.90. The molecule has 4 heteroatoms. The average Bonchev–Trinajstić information content (AvgIpc) is 2.49. The summed E-state index contributed by atoms with van der Waals surface area (Å²) >= 11 is 11.0. The van der Waals surface area contributed by atoms with Crippen LogP contribution in [0.15, 0.2) is 22.0 Å². The van der Waals surface area contributed by atoms with E-state index in [0.29, 0.717) is 6.42 Å². The summed E-state index contributed by atoms with van der Waals surface area (Å²) in [7, 11) is 0. The van der Waals surface area contributed by atoms with Gasteiger partial charge in [-0.05, 0) is 23.1 Å². The zero-order valence-corrected chi connectivity index (χ0v) is 10.2. The third kappa shape index (κ3) is 1.66. The standard InChI is InChI=1S/C10H5BrClNS/c11-8-3-7(12)4-9-10(8)6(1-2-13)5-14-9/h3-5H,1H2. The Morgan fingerprint density at radius 3 is 3.00 bits per heavy atom. The summed E-state index contributed by atoms with van der Waals surface area (Å²) in [5.74, 6) is 0. The third-order valence-electron chi connectivity index (χ3n) is 1.94. The van der Waals surface area contributed by atoms with Crippen LogP contribution < -0.4 is 0 Å². The Balaban J connectivity index is 2.74. The number of fused-ring (bicyclic) bond motifs is 1. The number of hydrogen-bond acceptors (Lipinski definition) is 2. The van der Waals surface area contributed by atoms with Gasteiger partial charge in [0.1, 0.15) is 0 Å². The number of nitriles is 1. The van der Waals surface area contributed by atoms with Crippen LogP contribution in [0.1, 0.15) is 5.56 Å². The summed E-state index contributed by atoms with van der Waals surface area (Å²) in [5.41, 5.74) is 1.07. The fourth-order valence-corrected chi connectivity index (χ4v) is 3.65. The molecule has 0 unspecified atom stereocenters. The highest BCUT2D eigenvalue weighted by molar-refractivity contribution is 9.10. The molecule has 0 saturated heterocycles. The van der Waals surface area contributed by atoms with E-state index in [1.54, 1.807) is 11.3 Å². The quantitative estimate of drug-likeness (QED) is 0.763. The molecule has 1 aromatic heterocycles. The summed E-state index contributed by atoms with van der Waals surface area (Å²) in [6, 6.07) is 5.94. The summed E-state index contributed by atoms with van der Waals surface area (Å²) in [6.07, 6.45) is 0.445. The Hall–Kier alpha value is -0.560. The maximum atomic E-state index is 8.66. The van der Waals surface area contributed by atoms with Crippen LogP contribution in [0.5, 0.6) is 0 Å². The van der Waals surface area contributed by atoms with Crippen molar-refractivity contribution in [3.05, 3.63) is 32.6 Å². The second-order valence-corrected chi connectivity index (χ2v) is 5.06. The van der Waals surface area contributed by atoms with Crippen molar-refractivity contribution in [1.82, 2.24) is 0 Å². The number of thiophene rings is 1. The van der Waals surface area contributed by atoms with Crippen LogP contribution in [0, 0.1) is 11.3 Å². The van der Waals surface area contributed by atoms with Gasteiger partial charge in [0.15, 0.2) is 0 Å². The molecule has 0 aliphatic carbocycles. The Morgan fingerprint density at radius 1 is 1.50 bits per heavy atom. The first-order chi connectivity index (χ1) is 6.72. The largest absolute Gasteiger partial charge is 0.198 e. The van der Waals surface area contributed by atoms with Gasteiger partial charge in [-0.2, -0.15) is 5.26 Å². The zero-order chi connectivity index (χ0) is 10.1. The van der Waals surface area contributed by atoms with Crippen LogP contribution in [0.4, 0.5) is 0 Å². The van der Waals surface area contributed by atoms with Gasteiger partial charge in [0.25, 0.3) is 0 Å². The first-order valence-electron chi connectivity index (χ1n) is 3.94. The molecule has 0 aliphatic rings. The molecule has 2 aromatic rings. The molecule has 14 heavy (non-hydrogen) atoms. The Morgan fingerprint density at radius 2 is 2.29 bits per heavy atom. The van der Waals surface area contributed by atoms with E-state index in [0.717, 1.165) is 25.1 Å². The number of rotatable bonds is 1. The van der Waals surface area contributed by atoms with Crippen molar-refractivity contribution in [3.8, 4) is 6.07 Å². The van der Waals surface area contributed by atoms with Crippen LogP contribution in [-0.2, 0) is 6.42 Å². The van der Waals surface area contributed by atoms with Crippen molar-refractivity contribution >= 4 is 49.0 Å². The van der Waals surface area contributed by atoms with Crippen molar-refractivity contribution in [2.24, 2.45) is 0 Å². The molecule has 0 atom stereocenters. The maximum Gasteiger partial charge on any atom is 0.0670 e. The normalized spacial score (nSPS) is 10.4. The lowest BCUT2D eigenvalue weighted by atomic mass is 10.1. The lowest BCUT2D eigenvalue weighted by molar-refractivity contribution is 1.30. The molecule has 0 aliphatic heterocycles. The van der Waals surface area contributed by atoms with Crippen LogP contribution in [0.3, 0.4) is 0 Å². The van der Waals surface area contributed by atoms with Crippen LogP contribution in [0.25, 0.3) is 10.1 Å².